The molecule has 0 spiro atoms. The molecule has 0 aliphatic heterocycles. The third-order valence-corrected chi connectivity index (χ3v) is 13.3. The monoisotopic (exact) mass is 896 g/mol. The van der Waals surface area contributed by atoms with Gasteiger partial charge in [-0.15, -0.1) is 0 Å². The smallest absolute Gasteiger partial charge is 0.201 e. The standard InChI is InChI=1S/2C22H24N.C21H22N/c2*1-15-13-22(23(5)14-18(15)4)21-12-16(2)20(11-17(21)3)19-9-7-6-8-10-19;1-15-10-11-21(22(4)14-15)20-13-16(2)19(12-17(20)3)18-8-6-5-7-9-18/h2*6-14H,1-5H3;5-14H,1-4H3/q3*+1/i4D3;;. The van der Waals surface area contributed by atoms with Gasteiger partial charge in [0.25, 0.3) is 0 Å². The van der Waals surface area contributed by atoms with Gasteiger partial charge in [-0.2, -0.15) is 0 Å². The van der Waals surface area contributed by atoms with Crippen molar-refractivity contribution >= 4 is 0 Å². The van der Waals surface area contributed by atoms with E-state index < -0.39 is 6.85 Å². The Morgan fingerprint density at radius 2 is 0.588 bits per heavy atom. The van der Waals surface area contributed by atoms with Gasteiger partial charge in [0.05, 0.1) is 0 Å². The van der Waals surface area contributed by atoms with Gasteiger partial charge in [-0.05, 0) is 178 Å². The van der Waals surface area contributed by atoms with Crippen LogP contribution in [0.25, 0.3) is 67.2 Å². The van der Waals surface area contributed by atoms with Crippen LogP contribution in [0.3, 0.4) is 0 Å². The van der Waals surface area contributed by atoms with Gasteiger partial charge in [0.1, 0.15) is 21.1 Å². The van der Waals surface area contributed by atoms with E-state index in [-0.39, 0.29) is 0 Å². The van der Waals surface area contributed by atoms with Gasteiger partial charge in [0.15, 0.2) is 18.6 Å². The van der Waals surface area contributed by atoms with Crippen LogP contribution >= 0.6 is 0 Å². The second-order valence-corrected chi connectivity index (χ2v) is 18.7. The zero-order valence-corrected chi connectivity index (χ0v) is 42.5. The van der Waals surface area contributed by atoms with Crippen LogP contribution in [-0.4, -0.2) is 0 Å². The summed E-state index contributed by atoms with van der Waals surface area (Å²) in [5.41, 5.74) is 27.7. The predicted molar refractivity (Wildman–Crippen MR) is 288 cm³/mol. The molecule has 9 rings (SSSR count). The SMILES string of the molecule is Cc1cc(-c2cc(C)c(-c3ccccc3)cc2C)[n+](C)cc1C.Cc1ccc(-c2cc(C)c(-c3ccccc3)cc2C)[n+](C)c1.[2H]C([2H])([2H])c1c[n+](C)c(-c2cc(C)c(-c3ccccc3)cc2C)cc1C. The Labute approximate surface area is 412 Å². The number of hydrogen-bond acceptors (Lipinski definition) is 0. The number of aryl methyl sites for hydroxylation is 14. The van der Waals surface area contributed by atoms with E-state index in [0.29, 0.717) is 5.56 Å². The van der Waals surface area contributed by atoms with Crippen LogP contribution in [0.1, 0.15) is 65.3 Å². The first kappa shape index (κ1) is 44.6. The van der Waals surface area contributed by atoms with E-state index in [1.54, 1.807) is 6.20 Å². The second kappa shape index (κ2) is 21.2. The molecule has 3 heteroatoms. The highest BCUT2D eigenvalue weighted by atomic mass is 14.9. The van der Waals surface area contributed by atoms with Crippen LogP contribution in [0.15, 0.2) is 170 Å². The molecular weight excluding hydrogens is 823 g/mol. The summed E-state index contributed by atoms with van der Waals surface area (Å²) in [6.07, 6.45) is 6.12. The van der Waals surface area contributed by atoms with Crippen molar-refractivity contribution in [2.75, 3.05) is 0 Å². The lowest BCUT2D eigenvalue weighted by Gasteiger charge is -2.12. The Morgan fingerprint density at radius 3 is 0.956 bits per heavy atom. The first-order chi connectivity index (χ1) is 33.7. The summed E-state index contributed by atoms with van der Waals surface area (Å²) in [7, 11) is 6.15. The molecule has 3 aromatic heterocycles. The van der Waals surface area contributed by atoms with Crippen LogP contribution in [0.2, 0.25) is 0 Å². The van der Waals surface area contributed by atoms with Gasteiger partial charge >= 0.3 is 0 Å². The van der Waals surface area contributed by atoms with E-state index in [0.717, 1.165) is 16.8 Å². The molecule has 0 saturated heterocycles. The highest BCUT2D eigenvalue weighted by Gasteiger charge is 2.19. The van der Waals surface area contributed by atoms with Crippen molar-refractivity contribution < 1.29 is 17.8 Å². The van der Waals surface area contributed by atoms with Crippen molar-refractivity contribution in [3.05, 3.63) is 231 Å². The molecule has 6 aromatic carbocycles. The summed E-state index contributed by atoms with van der Waals surface area (Å²) in [5.74, 6) is 0. The average molecular weight is 896 g/mol. The molecule has 3 nitrogen and oxygen atoms in total. The molecule has 0 unspecified atom stereocenters. The first-order valence-electron chi connectivity index (χ1n) is 25.2. The lowest BCUT2D eigenvalue weighted by Crippen LogP contribution is -2.31. The minimum atomic E-state index is -2.09. The third-order valence-electron chi connectivity index (χ3n) is 13.3. The van der Waals surface area contributed by atoms with Crippen LogP contribution in [0.4, 0.5) is 0 Å². The Kier molecular flexibility index (Phi) is 13.9. The van der Waals surface area contributed by atoms with Crippen molar-refractivity contribution in [1.82, 2.24) is 0 Å². The minimum absolute atomic E-state index is 0.402. The number of hydrogen-bond donors (Lipinski definition) is 0. The third kappa shape index (κ3) is 11.0. The molecule has 342 valence electrons. The van der Waals surface area contributed by atoms with E-state index >= 15 is 0 Å². The Balaban J connectivity index is 0.000000157. The fourth-order valence-corrected chi connectivity index (χ4v) is 9.26. The number of rotatable bonds is 6. The Morgan fingerprint density at radius 1 is 0.279 bits per heavy atom. The maximum Gasteiger partial charge on any atom is 0.212 e. The van der Waals surface area contributed by atoms with Crippen molar-refractivity contribution in [3.63, 3.8) is 0 Å². The predicted octanol–water partition coefficient (Wildman–Crippen LogP) is 14.9. The van der Waals surface area contributed by atoms with Gasteiger partial charge in [-0.1, -0.05) is 109 Å². The quantitative estimate of drug-likeness (QED) is 0.147. The van der Waals surface area contributed by atoms with E-state index in [2.05, 4.69) is 237 Å². The number of nitrogens with zero attached hydrogens (tertiary/aromatic N) is 3. The topological polar surface area (TPSA) is 11.6 Å². The molecule has 0 amide bonds. The zero-order valence-electron chi connectivity index (χ0n) is 45.5. The van der Waals surface area contributed by atoms with Gasteiger partial charge < -0.3 is 0 Å². The van der Waals surface area contributed by atoms with Gasteiger partial charge in [0.2, 0.25) is 17.1 Å². The summed E-state index contributed by atoms with van der Waals surface area (Å²) >= 11 is 0. The molecule has 0 bridgehead atoms. The highest BCUT2D eigenvalue weighted by molar-refractivity contribution is 5.77. The number of aromatic nitrogens is 3. The molecule has 0 radical (unpaired) electrons. The van der Waals surface area contributed by atoms with Crippen molar-refractivity contribution in [1.29, 1.82) is 0 Å². The van der Waals surface area contributed by atoms with Crippen LogP contribution in [-0.2, 0) is 21.1 Å². The molecule has 9 aromatic rings. The van der Waals surface area contributed by atoms with Gasteiger partial charge in [0, 0.05) is 55.7 Å². The molecule has 3 heterocycles. The summed E-state index contributed by atoms with van der Waals surface area (Å²) in [4.78, 5) is 0. The fraction of sp³-hybridized carbons (Fsp3) is 0.215. The van der Waals surface area contributed by atoms with Crippen LogP contribution in [0, 0.1) is 76.1 Å². The summed E-state index contributed by atoms with van der Waals surface area (Å²) in [6.45, 7) is 19.3. The normalized spacial score (nSPS) is 11.6. The van der Waals surface area contributed by atoms with Gasteiger partial charge in [-0.3, -0.25) is 0 Å². The van der Waals surface area contributed by atoms with E-state index in [4.69, 9.17) is 4.11 Å². The summed E-state index contributed by atoms with van der Waals surface area (Å²) in [5, 5.41) is 0. The van der Waals surface area contributed by atoms with Crippen LogP contribution in [0.5, 0.6) is 0 Å². The number of benzene rings is 6. The minimum Gasteiger partial charge on any atom is -0.201 e. The average Bonchev–Trinajstić information content (AvgIpc) is 3.34. The van der Waals surface area contributed by atoms with E-state index in [1.807, 2.05) is 30.7 Å². The van der Waals surface area contributed by atoms with Crippen molar-refractivity contribution in [3.8, 4) is 67.2 Å². The molecule has 0 aliphatic carbocycles. The molecule has 0 aliphatic rings. The molecular formula is C65H70N3+3. The largest absolute Gasteiger partial charge is 0.212 e. The molecule has 68 heavy (non-hydrogen) atoms. The lowest BCUT2D eigenvalue weighted by atomic mass is 9.93. The maximum atomic E-state index is 7.71. The zero-order chi connectivity index (χ0) is 51.3. The summed E-state index contributed by atoms with van der Waals surface area (Å²) in [6, 6.07) is 53.9. The summed E-state index contributed by atoms with van der Waals surface area (Å²) < 4.78 is 29.5. The fourth-order valence-electron chi connectivity index (χ4n) is 9.26. The van der Waals surface area contributed by atoms with Crippen molar-refractivity contribution in [2.45, 2.75) is 76.1 Å². The Hall–Kier alpha value is -7.23. The van der Waals surface area contributed by atoms with Gasteiger partial charge in [-0.25, -0.2) is 13.7 Å². The number of pyridine rings is 3. The molecule has 0 N–H and O–H groups in total. The molecule has 0 atom stereocenters. The maximum absolute atomic E-state index is 7.71. The first-order valence-corrected chi connectivity index (χ1v) is 23.7. The second-order valence-electron chi connectivity index (χ2n) is 18.7. The molecule has 0 fully saturated rings. The van der Waals surface area contributed by atoms with E-state index in [9.17, 15) is 0 Å². The lowest BCUT2D eigenvalue weighted by molar-refractivity contribution is -0.660. The molecule has 0 saturated carbocycles. The van der Waals surface area contributed by atoms with E-state index in [1.165, 1.54) is 106 Å². The van der Waals surface area contributed by atoms with Crippen molar-refractivity contribution in [2.24, 2.45) is 21.1 Å². The Bertz CT molecular complexity index is 3350. The highest BCUT2D eigenvalue weighted by Crippen LogP contribution is 2.34. The van der Waals surface area contributed by atoms with Crippen LogP contribution < -0.4 is 13.7 Å².